The fourth-order valence-electron chi connectivity index (χ4n) is 2.14. The molecule has 0 saturated heterocycles. The number of carbonyl (C=O) groups is 1. The van der Waals surface area contributed by atoms with E-state index in [4.69, 9.17) is 0 Å². The molecule has 0 atom stereocenters. The van der Waals surface area contributed by atoms with Crippen LogP contribution in [-0.2, 0) is 4.79 Å². The number of hydrogen-bond acceptors (Lipinski definition) is 2. The number of rotatable bonds is 4. The highest BCUT2D eigenvalue weighted by Gasteiger charge is 2.06. The third-order valence-electron chi connectivity index (χ3n) is 3.36. The SMILES string of the molecule is Cc1ccc(NC(=O)CNc2c(C)cccc2C)cc1Br. The standard InChI is InChI=1S/C17H19BrN2O/c1-11-7-8-14(9-15(11)18)20-16(21)10-19-17-12(2)5-4-6-13(17)3/h4-9,19H,10H2,1-3H3,(H,20,21). The van der Waals surface area contributed by atoms with Gasteiger partial charge >= 0.3 is 0 Å². The molecular formula is C17H19BrN2O. The van der Waals surface area contributed by atoms with Crippen molar-refractivity contribution in [3.05, 3.63) is 57.6 Å². The van der Waals surface area contributed by atoms with Crippen LogP contribution in [0.25, 0.3) is 0 Å². The molecule has 0 fully saturated rings. The summed E-state index contributed by atoms with van der Waals surface area (Å²) < 4.78 is 0.989. The van der Waals surface area contributed by atoms with Gasteiger partial charge in [-0.2, -0.15) is 0 Å². The van der Waals surface area contributed by atoms with Gasteiger partial charge in [0.1, 0.15) is 0 Å². The zero-order chi connectivity index (χ0) is 15.4. The Hall–Kier alpha value is -1.81. The monoisotopic (exact) mass is 346 g/mol. The van der Waals surface area contributed by atoms with Crippen molar-refractivity contribution >= 4 is 33.2 Å². The first kappa shape index (κ1) is 15.6. The molecule has 2 aromatic rings. The minimum atomic E-state index is -0.0617. The summed E-state index contributed by atoms with van der Waals surface area (Å²) in [6.07, 6.45) is 0. The maximum absolute atomic E-state index is 12.0. The number of amides is 1. The second-order valence-electron chi connectivity index (χ2n) is 5.13. The maximum atomic E-state index is 12.0. The van der Waals surface area contributed by atoms with Crippen LogP contribution in [0.1, 0.15) is 16.7 Å². The molecule has 110 valence electrons. The van der Waals surface area contributed by atoms with Gasteiger partial charge in [-0.3, -0.25) is 4.79 Å². The zero-order valence-corrected chi connectivity index (χ0v) is 14.0. The van der Waals surface area contributed by atoms with Crippen LogP contribution in [0.2, 0.25) is 0 Å². The van der Waals surface area contributed by atoms with Gasteiger partial charge in [-0.1, -0.05) is 40.2 Å². The third-order valence-corrected chi connectivity index (χ3v) is 4.22. The first-order chi connectivity index (χ1) is 9.97. The van der Waals surface area contributed by atoms with Gasteiger partial charge in [0, 0.05) is 15.8 Å². The quantitative estimate of drug-likeness (QED) is 0.859. The van der Waals surface area contributed by atoms with Crippen LogP contribution in [0.4, 0.5) is 11.4 Å². The Morgan fingerprint density at radius 3 is 2.33 bits per heavy atom. The summed E-state index contributed by atoms with van der Waals surface area (Å²) >= 11 is 3.46. The van der Waals surface area contributed by atoms with Crippen molar-refractivity contribution in [1.82, 2.24) is 0 Å². The van der Waals surface area contributed by atoms with Gasteiger partial charge in [0.15, 0.2) is 0 Å². The molecule has 0 aromatic heterocycles. The molecular weight excluding hydrogens is 328 g/mol. The van der Waals surface area contributed by atoms with Crippen LogP contribution in [0.3, 0.4) is 0 Å². The summed E-state index contributed by atoms with van der Waals surface area (Å²) in [5, 5.41) is 6.09. The lowest BCUT2D eigenvalue weighted by Gasteiger charge is -2.13. The second kappa shape index (κ2) is 6.76. The molecule has 0 saturated carbocycles. The van der Waals surface area contributed by atoms with E-state index in [1.807, 2.05) is 57.2 Å². The van der Waals surface area contributed by atoms with E-state index in [1.54, 1.807) is 0 Å². The Balaban J connectivity index is 1.97. The predicted octanol–water partition coefficient (Wildman–Crippen LogP) is 4.42. The van der Waals surface area contributed by atoms with E-state index in [-0.39, 0.29) is 12.5 Å². The molecule has 0 spiro atoms. The number of anilines is 2. The number of benzene rings is 2. The average molecular weight is 347 g/mol. The Bertz CT molecular complexity index is 648. The van der Waals surface area contributed by atoms with Crippen molar-refractivity contribution in [2.24, 2.45) is 0 Å². The highest BCUT2D eigenvalue weighted by Crippen LogP contribution is 2.21. The molecule has 4 heteroatoms. The number of hydrogen-bond donors (Lipinski definition) is 2. The first-order valence-electron chi connectivity index (χ1n) is 6.83. The van der Waals surface area contributed by atoms with Crippen molar-refractivity contribution in [3.63, 3.8) is 0 Å². The van der Waals surface area contributed by atoms with Crippen LogP contribution >= 0.6 is 15.9 Å². The summed E-state index contributed by atoms with van der Waals surface area (Å²) in [5.74, 6) is -0.0617. The fraction of sp³-hybridized carbons (Fsp3) is 0.235. The molecule has 0 radical (unpaired) electrons. The lowest BCUT2D eigenvalue weighted by atomic mass is 10.1. The number of aryl methyl sites for hydroxylation is 3. The maximum Gasteiger partial charge on any atom is 0.243 e. The molecule has 0 aliphatic carbocycles. The van der Waals surface area contributed by atoms with E-state index < -0.39 is 0 Å². The fourth-order valence-corrected chi connectivity index (χ4v) is 2.52. The predicted molar refractivity (Wildman–Crippen MR) is 91.9 cm³/mol. The van der Waals surface area contributed by atoms with E-state index in [0.717, 1.165) is 32.5 Å². The van der Waals surface area contributed by atoms with Gasteiger partial charge in [-0.15, -0.1) is 0 Å². The Morgan fingerprint density at radius 2 is 1.71 bits per heavy atom. The van der Waals surface area contributed by atoms with Crippen LogP contribution < -0.4 is 10.6 Å². The molecule has 0 bridgehead atoms. The molecule has 0 heterocycles. The van der Waals surface area contributed by atoms with Gasteiger partial charge in [0.25, 0.3) is 0 Å². The van der Waals surface area contributed by atoms with Gasteiger partial charge in [0.2, 0.25) is 5.91 Å². The lowest BCUT2D eigenvalue weighted by molar-refractivity contribution is -0.114. The molecule has 2 aromatic carbocycles. The van der Waals surface area contributed by atoms with Gasteiger partial charge in [-0.05, 0) is 49.6 Å². The van der Waals surface area contributed by atoms with Crippen LogP contribution in [-0.4, -0.2) is 12.5 Å². The topological polar surface area (TPSA) is 41.1 Å². The van der Waals surface area contributed by atoms with Crippen molar-refractivity contribution in [2.45, 2.75) is 20.8 Å². The van der Waals surface area contributed by atoms with Crippen molar-refractivity contribution in [2.75, 3.05) is 17.2 Å². The summed E-state index contributed by atoms with van der Waals surface area (Å²) in [4.78, 5) is 12.0. The third kappa shape index (κ3) is 4.08. The van der Waals surface area contributed by atoms with E-state index in [2.05, 4.69) is 26.6 Å². The van der Waals surface area contributed by atoms with Gasteiger partial charge in [0.05, 0.1) is 6.54 Å². The van der Waals surface area contributed by atoms with E-state index in [1.165, 1.54) is 0 Å². The van der Waals surface area contributed by atoms with Crippen LogP contribution in [0.15, 0.2) is 40.9 Å². The summed E-state index contributed by atoms with van der Waals surface area (Å²) in [7, 11) is 0. The molecule has 0 aliphatic rings. The zero-order valence-electron chi connectivity index (χ0n) is 12.5. The minimum absolute atomic E-state index is 0.0617. The number of para-hydroxylation sites is 1. The number of carbonyl (C=O) groups excluding carboxylic acids is 1. The molecule has 3 nitrogen and oxygen atoms in total. The van der Waals surface area contributed by atoms with Gasteiger partial charge < -0.3 is 10.6 Å². The highest BCUT2D eigenvalue weighted by molar-refractivity contribution is 9.10. The van der Waals surface area contributed by atoms with E-state index >= 15 is 0 Å². The van der Waals surface area contributed by atoms with Crippen molar-refractivity contribution in [3.8, 4) is 0 Å². The molecule has 0 aliphatic heterocycles. The molecule has 2 rings (SSSR count). The average Bonchev–Trinajstić information content (AvgIpc) is 2.42. The van der Waals surface area contributed by atoms with Crippen molar-refractivity contribution in [1.29, 1.82) is 0 Å². The Morgan fingerprint density at radius 1 is 1.05 bits per heavy atom. The largest absolute Gasteiger partial charge is 0.376 e. The Labute approximate surface area is 133 Å². The van der Waals surface area contributed by atoms with Crippen LogP contribution in [0.5, 0.6) is 0 Å². The smallest absolute Gasteiger partial charge is 0.243 e. The molecule has 2 N–H and O–H groups in total. The molecule has 1 amide bonds. The van der Waals surface area contributed by atoms with Gasteiger partial charge in [-0.25, -0.2) is 0 Å². The normalized spacial score (nSPS) is 10.3. The van der Waals surface area contributed by atoms with Crippen molar-refractivity contribution < 1.29 is 4.79 Å². The first-order valence-corrected chi connectivity index (χ1v) is 7.63. The second-order valence-corrected chi connectivity index (χ2v) is 5.99. The Kier molecular flexibility index (Phi) is 5.02. The van der Waals surface area contributed by atoms with E-state index in [9.17, 15) is 4.79 Å². The lowest BCUT2D eigenvalue weighted by Crippen LogP contribution is -2.22. The molecule has 0 unspecified atom stereocenters. The number of nitrogens with one attached hydrogen (secondary N) is 2. The minimum Gasteiger partial charge on any atom is -0.376 e. The summed E-state index contributed by atoms with van der Waals surface area (Å²) in [5.41, 5.74) is 5.24. The van der Waals surface area contributed by atoms with Crippen LogP contribution in [0, 0.1) is 20.8 Å². The highest BCUT2D eigenvalue weighted by atomic mass is 79.9. The summed E-state index contributed by atoms with van der Waals surface area (Å²) in [6, 6.07) is 11.9. The molecule has 21 heavy (non-hydrogen) atoms. The summed E-state index contributed by atoms with van der Waals surface area (Å²) in [6.45, 7) is 6.32. The number of halogens is 1. The van der Waals surface area contributed by atoms with E-state index in [0.29, 0.717) is 0 Å².